The molecule has 0 bridgehead atoms. The predicted octanol–water partition coefficient (Wildman–Crippen LogP) is 1.52. The maximum Gasteiger partial charge on any atom is 0.235 e. The predicted molar refractivity (Wildman–Crippen MR) is 46.5 cm³/mol. The number of nitro groups is 1. The van der Waals surface area contributed by atoms with Gasteiger partial charge in [-0.1, -0.05) is 11.6 Å². The summed E-state index contributed by atoms with van der Waals surface area (Å²) in [6.45, 7) is -0.379. The maximum atomic E-state index is 10.3. The molecule has 13 heavy (non-hydrogen) atoms. The van der Waals surface area contributed by atoms with Crippen molar-refractivity contribution < 1.29 is 9.66 Å². The Labute approximate surface area is 79.5 Å². The van der Waals surface area contributed by atoms with Gasteiger partial charge in [0.15, 0.2) is 0 Å². The molecule has 0 aliphatic rings. The number of hydrogen-bond acceptors (Lipinski definition) is 4. The van der Waals surface area contributed by atoms with E-state index in [4.69, 9.17) is 16.3 Å². The van der Waals surface area contributed by atoms with Crippen molar-refractivity contribution in [1.29, 1.82) is 0 Å². The van der Waals surface area contributed by atoms with Crippen molar-refractivity contribution in [2.45, 2.75) is 6.54 Å². The molecule has 6 heteroatoms. The van der Waals surface area contributed by atoms with Gasteiger partial charge in [-0.25, -0.2) is 4.98 Å². The van der Waals surface area contributed by atoms with E-state index in [1.807, 2.05) is 0 Å². The third-order valence-electron chi connectivity index (χ3n) is 1.44. The molecule has 1 heterocycles. The molecule has 1 rings (SSSR count). The van der Waals surface area contributed by atoms with Gasteiger partial charge in [-0.05, 0) is 6.07 Å². The second-order valence-corrected chi connectivity index (χ2v) is 2.68. The summed E-state index contributed by atoms with van der Waals surface area (Å²) in [7, 11) is 1.39. The van der Waals surface area contributed by atoms with Crippen LogP contribution in [0.1, 0.15) is 5.56 Å². The quantitative estimate of drug-likeness (QED) is 0.551. The molecule has 70 valence electrons. The molecule has 0 amide bonds. The van der Waals surface area contributed by atoms with Crippen molar-refractivity contribution in [3.8, 4) is 5.88 Å². The van der Waals surface area contributed by atoms with Crippen LogP contribution in [-0.2, 0) is 6.54 Å². The highest BCUT2D eigenvalue weighted by atomic mass is 35.5. The Morgan fingerprint density at radius 3 is 3.00 bits per heavy atom. The van der Waals surface area contributed by atoms with Crippen LogP contribution in [0.15, 0.2) is 12.3 Å². The van der Waals surface area contributed by atoms with E-state index in [1.165, 1.54) is 19.4 Å². The molecule has 0 fully saturated rings. The molecule has 0 saturated carbocycles. The fourth-order valence-corrected chi connectivity index (χ4v) is 1.10. The van der Waals surface area contributed by atoms with Crippen LogP contribution >= 0.6 is 11.6 Å². The largest absolute Gasteiger partial charge is 0.481 e. The third kappa shape index (κ3) is 2.29. The lowest BCUT2D eigenvalue weighted by Gasteiger charge is -2.04. The molecule has 0 aliphatic heterocycles. The van der Waals surface area contributed by atoms with E-state index in [0.29, 0.717) is 10.6 Å². The minimum atomic E-state index is -0.481. The fourth-order valence-electron chi connectivity index (χ4n) is 0.899. The summed E-state index contributed by atoms with van der Waals surface area (Å²) in [6.07, 6.45) is 1.44. The van der Waals surface area contributed by atoms with Crippen LogP contribution in [0.5, 0.6) is 5.88 Å². The highest BCUT2D eigenvalue weighted by Gasteiger charge is 2.14. The van der Waals surface area contributed by atoms with E-state index in [9.17, 15) is 10.1 Å². The third-order valence-corrected chi connectivity index (χ3v) is 1.79. The normalized spacial score (nSPS) is 9.69. The molecule has 0 atom stereocenters. The van der Waals surface area contributed by atoms with E-state index in [0.717, 1.165) is 0 Å². The zero-order valence-corrected chi connectivity index (χ0v) is 7.61. The van der Waals surface area contributed by atoms with Gasteiger partial charge in [0.2, 0.25) is 12.4 Å². The monoisotopic (exact) mass is 202 g/mol. The Bertz CT molecular complexity index is 330. The summed E-state index contributed by atoms with van der Waals surface area (Å²) in [5.41, 5.74) is 0.302. The molecular weight excluding hydrogens is 196 g/mol. The van der Waals surface area contributed by atoms with Crippen molar-refractivity contribution in [2.75, 3.05) is 7.11 Å². The SMILES string of the molecule is COc1nccc(Cl)c1C[N+](=O)[O-]. The van der Waals surface area contributed by atoms with Crippen LogP contribution in [0.2, 0.25) is 5.02 Å². The minimum Gasteiger partial charge on any atom is -0.481 e. The standard InChI is InChI=1S/C7H7ClN2O3/c1-13-7-5(4-10(11)12)6(8)2-3-9-7/h2-3H,4H2,1H3. The highest BCUT2D eigenvalue weighted by molar-refractivity contribution is 6.31. The van der Waals surface area contributed by atoms with Crippen LogP contribution in [-0.4, -0.2) is 17.0 Å². The lowest BCUT2D eigenvalue weighted by molar-refractivity contribution is -0.496. The van der Waals surface area contributed by atoms with Gasteiger partial charge >= 0.3 is 0 Å². The number of pyridine rings is 1. The summed E-state index contributed by atoms with van der Waals surface area (Å²) in [5, 5.41) is 10.5. The number of halogens is 1. The van der Waals surface area contributed by atoms with Crippen LogP contribution in [0.4, 0.5) is 0 Å². The number of aromatic nitrogens is 1. The maximum absolute atomic E-state index is 10.3. The van der Waals surface area contributed by atoms with Crippen molar-refractivity contribution in [3.05, 3.63) is 33.0 Å². The highest BCUT2D eigenvalue weighted by Crippen LogP contribution is 2.23. The number of hydrogen-bond donors (Lipinski definition) is 0. The van der Waals surface area contributed by atoms with Crippen LogP contribution in [0.3, 0.4) is 0 Å². The minimum absolute atomic E-state index is 0.198. The van der Waals surface area contributed by atoms with Gasteiger partial charge < -0.3 is 4.74 Å². The van der Waals surface area contributed by atoms with E-state index in [2.05, 4.69) is 4.98 Å². The fraction of sp³-hybridized carbons (Fsp3) is 0.286. The lowest BCUT2D eigenvalue weighted by atomic mass is 10.3. The molecule has 0 spiro atoms. The molecule has 0 saturated heterocycles. The summed E-state index contributed by atoms with van der Waals surface area (Å²) >= 11 is 5.73. The summed E-state index contributed by atoms with van der Waals surface area (Å²) < 4.78 is 4.83. The molecule has 5 nitrogen and oxygen atoms in total. The van der Waals surface area contributed by atoms with Gasteiger partial charge in [-0.3, -0.25) is 10.1 Å². The Balaban J connectivity index is 3.07. The Morgan fingerprint density at radius 1 is 1.77 bits per heavy atom. The van der Waals surface area contributed by atoms with Gasteiger partial charge in [-0.15, -0.1) is 0 Å². The zero-order chi connectivity index (χ0) is 9.84. The first-order valence-electron chi connectivity index (χ1n) is 3.44. The van der Waals surface area contributed by atoms with Gasteiger partial charge in [-0.2, -0.15) is 0 Å². The Kier molecular flexibility index (Phi) is 3.02. The van der Waals surface area contributed by atoms with Gasteiger partial charge in [0.05, 0.1) is 12.1 Å². The van der Waals surface area contributed by atoms with Crippen molar-refractivity contribution in [1.82, 2.24) is 4.98 Å². The number of nitrogens with zero attached hydrogens (tertiary/aromatic N) is 2. The molecular formula is C7H7ClN2O3. The van der Waals surface area contributed by atoms with Crippen molar-refractivity contribution in [2.24, 2.45) is 0 Å². The molecule has 1 aromatic rings. The first-order valence-corrected chi connectivity index (χ1v) is 3.82. The number of methoxy groups -OCH3 is 1. The van der Waals surface area contributed by atoms with Crippen LogP contribution in [0, 0.1) is 10.1 Å². The topological polar surface area (TPSA) is 65.3 Å². The summed E-state index contributed by atoms with van der Waals surface area (Å²) in [5.74, 6) is 0.198. The number of rotatable bonds is 3. The van der Waals surface area contributed by atoms with E-state index in [1.54, 1.807) is 0 Å². The average Bonchev–Trinajstić information content (AvgIpc) is 2.08. The molecule has 0 unspecified atom stereocenters. The first kappa shape index (κ1) is 9.73. The van der Waals surface area contributed by atoms with Gasteiger partial charge in [0.1, 0.15) is 5.56 Å². The average molecular weight is 203 g/mol. The Hall–Kier alpha value is -1.36. The zero-order valence-electron chi connectivity index (χ0n) is 6.86. The van der Waals surface area contributed by atoms with E-state index < -0.39 is 4.92 Å². The van der Waals surface area contributed by atoms with Crippen molar-refractivity contribution >= 4 is 11.6 Å². The molecule has 0 N–H and O–H groups in total. The molecule has 0 aliphatic carbocycles. The van der Waals surface area contributed by atoms with Gasteiger partial charge in [0.25, 0.3) is 0 Å². The second-order valence-electron chi connectivity index (χ2n) is 2.27. The summed E-state index contributed by atoms with van der Waals surface area (Å²) in [6, 6.07) is 1.49. The Morgan fingerprint density at radius 2 is 2.46 bits per heavy atom. The first-order chi connectivity index (χ1) is 6.15. The van der Waals surface area contributed by atoms with Crippen LogP contribution in [0.25, 0.3) is 0 Å². The molecule has 0 aromatic carbocycles. The van der Waals surface area contributed by atoms with E-state index >= 15 is 0 Å². The smallest absolute Gasteiger partial charge is 0.235 e. The molecule has 1 aromatic heterocycles. The molecule has 0 radical (unpaired) electrons. The van der Waals surface area contributed by atoms with E-state index in [-0.39, 0.29) is 12.4 Å². The van der Waals surface area contributed by atoms with Crippen LogP contribution < -0.4 is 4.74 Å². The summed E-state index contributed by atoms with van der Waals surface area (Å²) in [4.78, 5) is 13.6. The van der Waals surface area contributed by atoms with Crippen molar-refractivity contribution in [3.63, 3.8) is 0 Å². The van der Waals surface area contributed by atoms with Gasteiger partial charge in [0, 0.05) is 11.1 Å². The lowest BCUT2D eigenvalue weighted by Crippen LogP contribution is -2.03. The number of ether oxygens (including phenoxy) is 1. The second kappa shape index (κ2) is 4.04.